The molecule has 1 aromatic heterocycles. The Kier molecular flexibility index (Phi) is 18.4. The molecule has 0 saturated carbocycles. The number of nitrogens with zero attached hydrogens (tertiary/aromatic N) is 3. The highest BCUT2D eigenvalue weighted by molar-refractivity contribution is 7.45. The van der Waals surface area contributed by atoms with Gasteiger partial charge in [-0.3, -0.25) is 9.36 Å². The molecule has 4 heterocycles. The summed E-state index contributed by atoms with van der Waals surface area (Å²) in [7, 11) is -3.26. The van der Waals surface area contributed by atoms with Crippen LogP contribution in [0.15, 0.2) is 157 Å². The highest BCUT2D eigenvalue weighted by Crippen LogP contribution is 2.59. The Morgan fingerprint density at radius 3 is 1.79 bits per heavy atom. The maximum absolute atomic E-state index is 14.4. The van der Waals surface area contributed by atoms with Gasteiger partial charge >= 0.3 is 5.69 Å². The number of amides is 1. The Morgan fingerprint density at radius 2 is 1.28 bits per heavy atom. The topological polar surface area (TPSA) is 141 Å². The van der Waals surface area contributed by atoms with Crippen molar-refractivity contribution in [2.24, 2.45) is 0 Å². The quantitative estimate of drug-likeness (QED) is 0.0283. The van der Waals surface area contributed by atoms with E-state index in [4.69, 9.17) is 37.2 Å². The maximum atomic E-state index is 14.4. The molecule has 5 aromatic carbocycles. The molecule has 0 unspecified atom stereocenters. The van der Waals surface area contributed by atoms with Crippen LogP contribution < -0.4 is 30.9 Å². The van der Waals surface area contributed by atoms with Crippen molar-refractivity contribution in [1.29, 1.82) is 0 Å². The zero-order chi connectivity index (χ0) is 55.2. The first-order valence-electron chi connectivity index (χ1n) is 27.4. The Balaban J connectivity index is 1.15. The third kappa shape index (κ3) is 11.6. The molecule has 3 saturated heterocycles. The van der Waals surface area contributed by atoms with Gasteiger partial charge in [0.05, 0.1) is 26.9 Å². The number of fused-ring (bicyclic) bond motifs is 1. The van der Waals surface area contributed by atoms with Crippen molar-refractivity contribution in [1.82, 2.24) is 14.2 Å². The number of hydrogen-bond donors (Lipinski definition) is 1. The van der Waals surface area contributed by atoms with Crippen LogP contribution in [-0.4, -0.2) is 101 Å². The largest absolute Gasteiger partial charge is 0.497 e. The fourth-order valence-corrected chi connectivity index (χ4v) is 23.9. The highest BCUT2D eigenvalue weighted by Gasteiger charge is 2.56. The van der Waals surface area contributed by atoms with E-state index in [2.05, 4.69) is 136 Å². The normalized spacial score (nSPS) is 21.8. The molecule has 0 aliphatic carbocycles. The van der Waals surface area contributed by atoms with Crippen LogP contribution in [0.25, 0.3) is 0 Å². The molecule has 7 atom stereocenters. The third-order valence-electron chi connectivity index (χ3n) is 16.4. The monoisotopic (exact) mass is 1110 g/mol. The van der Waals surface area contributed by atoms with E-state index in [1.165, 1.54) is 21.9 Å². The lowest BCUT2D eigenvalue weighted by molar-refractivity contribution is -0.116. The van der Waals surface area contributed by atoms with E-state index >= 15 is 0 Å². The number of rotatable bonds is 23. The lowest BCUT2D eigenvalue weighted by atomic mass is 9.80. The summed E-state index contributed by atoms with van der Waals surface area (Å²) in [4.78, 5) is 30.9. The minimum absolute atomic E-state index is 0.0350. The maximum Gasteiger partial charge on any atom is 0.351 e. The third-order valence-corrected chi connectivity index (χ3v) is 28.6. The van der Waals surface area contributed by atoms with E-state index in [1.807, 2.05) is 66.7 Å². The van der Waals surface area contributed by atoms with Gasteiger partial charge in [0.25, 0.3) is 8.53 Å². The van der Waals surface area contributed by atoms with Crippen molar-refractivity contribution in [3.63, 3.8) is 0 Å². The van der Waals surface area contributed by atoms with Crippen molar-refractivity contribution < 1.29 is 42.0 Å². The number of anilines is 1. The summed E-state index contributed by atoms with van der Waals surface area (Å²) in [6.07, 6.45) is -0.292. The van der Waals surface area contributed by atoms with Gasteiger partial charge in [-0.2, -0.15) is 4.98 Å². The summed E-state index contributed by atoms with van der Waals surface area (Å²) in [5, 5.41) is 5.35. The predicted octanol–water partition coefficient (Wildman–Crippen LogP) is 11.0. The van der Waals surface area contributed by atoms with Gasteiger partial charge in [0, 0.05) is 25.7 Å². The van der Waals surface area contributed by atoms with Crippen LogP contribution in [0.4, 0.5) is 5.82 Å². The molecular formula is C61H77N4O10PSi2. The highest BCUT2D eigenvalue weighted by atomic mass is 31.2. The van der Waals surface area contributed by atoms with E-state index < -0.39 is 60.7 Å². The SMILES string of the molecule is COc1ccc(C(OC[C@H]2O[C@@H](n3ccc(NC(C)=O)nc3=O)[C@H](OCO[Si](C(C)C)(C(C)C)C(C)C)[C@@H]2O[P@@]2O[C@@H](C[Si](C)(c3ccccc3)c3ccccc3)[C@H]3CCCN32)(c2ccccc2)c2ccc(OC)cc2)cc1. The zero-order valence-electron chi connectivity index (χ0n) is 46.7. The molecule has 17 heteroatoms. The average molecular weight is 1110 g/mol. The fraction of sp³-hybridized carbons (Fsp3) is 0.426. The molecule has 3 fully saturated rings. The molecule has 14 nitrogen and oxygen atoms in total. The number of methoxy groups -OCH3 is 2. The molecule has 0 spiro atoms. The second-order valence-electron chi connectivity index (χ2n) is 21.9. The molecule has 1 N–H and O–H groups in total. The van der Waals surface area contributed by atoms with Crippen molar-refractivity contribution in [3.8, 4) is 11.5 Å². The first kappa shape index (κ1) is 57.3. The summed E-state index contributed by atoms with van der Waals surface area (Å²) in [5.74, 6) is 1.17. The first-order chi connectivity index (χ1) is 37.6. The van der Waals surface area contributed by atoms with Gasteiger partial charge in [-0.15, -0.1) is 0 Å². The molecule has 9 rings (SSSR count). The molecule has 78 heavy (non-hydrogen) atoms. The molecule has 3 aliphatic heterocycles. The lowest BCUT2D eigenvalue weighted by Crippen LogP contribution is -2.58. The van der Waals surface area contributed by atoms with Crippen LogP contribution in [0.3, 0.4) is 0 Å². The molecule has 0 radical (unpaired) electrons. The van der Waals surface area contributed by atoms with Crippen molar-refractivity contribution >= 4 is 47.0 Å². The predicted molar refractivity (Wildman–Crippen MR) is 312 cm³/mol. The molecule has 414 valence electrons. The van der Waals surface area contributed by atoms with Gasteiger partial charge in [-0.25, -0.2) is 9.46 Å². The van der Waals surface area contributed by atoms with Gasteiger partial charge < -0.3 is 42.5 Å². The van der Waals surface area contributed by atoms with Gasteiger partial charge in [0.15, 0.2) is 6.23 Å². The number of carbonyl (C=O) groups is 1. The van der Waals surface area contributed by atoms with Crippen LogP contribution in [0.1, 0.15) is 84.2 Å². The van der Waals surface area contributed by atoms with Crippen molar-refractivity contribution in [2.75, 3.05) is 39.5 Å². The number of aromatic nitrogens is 2. The van der Waals surface area contributed by atoms with Gasteiger partial charge in [0.2, 0.25) is 14.2 Å². The van der Waals surface area contributed by atoms with E-state index in [0.29, 0.717) is 11.5 Å². The minimum Gasteiger partial charge on any atom is -0.497 e. The Bertz CT molecular complexity index is 2850. The van der Waals surface area contributed by atoms with Gasteiger partial charge in [-0.05, 0) is 82.5 Å². The number of carbonyl (C=O) groups excluding carboxylic acids is 1. The Labute approximate surface area is 463 Å². The minimum atomic E-state index is -2.48. The number of nitrogens with one attached hydrogen (secondary N) is 1. The summed E-state index contributed by atoms with van der Waals surface area (Å²) in [6, 6.07) is 50.3. The summed E-state index contributed by atoms with van der Waals surface area (Å²) >= 11 is 0. The molecule has 0 bridgehead atoms. The van der Waals surface area contributed by atoms with E-state index in [0.717, 1.165) is 42.1 Å². The van der Waals surface area contributed by atoms with Crippen LogP contribution >= 0.6 is 8.53 Å². The fourth-order valence-electron chi connectivity index (χ4n) is 12.6. The van der Waals surface area contributed by atoms with Crippen LogP contribution in [0.5, 0.6) is 11.5 Å². The number of benzene rings is 5. The standard InChI is InChI=1S/C61H77N4O10PSi2/c1-42(2)78(43(3)4,44(5)6)72-41-70-58-57(75-76-65-37-20-27-53(65)55(74-76)40-77(10,51-23-16-12-17-24-51)52-25-18-13-19-26-52)54(73-59(58)64-38-36-56(62-45(7)66)63-60(64)67)39-71-61(46-21-14-11-15-22-46,47-28-32-49(68-8)33-29-47)48-30-34-50(69-9)35-31-48/h11-19,21-26,28-36,38,42-44,53-55,57-59H,20,27,37,39-41H2,1-10H3,(H,62,63,66,67)/t53-,54-,55+,57-,58-,59-,76-/m1/s1. The van der Waals surface area contributed by atoms with Crippen LogP contribution in [0, 0.1) is 0 Å². The van der Waals surface area contributed by atoms with Gasteiger partial charge in [-0.1, -0.05) is 174 Å². The Hall–Kier alpha value is -5.37. The van der Waals surface area contributed by atoms with Crippen molar-refractivity contribution in [2.45, 2.75) is 133 Å². The van der Waals surface area contributed by atoms with E-state index in [-0.39, 0.29) is 53.9 Å². The molecule has 6 aromatic rings. The Morgan fingerprint density at radius 1 is 0.744 bits per heavy atom. The number of hydrogen-bond acceptors (Lipinski definition) is 12. The van der Waals surface area contributed by atoms with E-state index in [1.54, 1.807) is 26.5 Å². The number of ether oxygens (including phenoxy) is 5. The van der Waals surface area contributed by atoms with Crippen molar-refractivity contribution in [3.05, 3.63) is 179 Å². The second-order valence-corrected chi connectivity index (χ2v) is 33.0. The van der Waals surface area contributed by atoms with Gasteiger partial charge in [0.1, 0.15) is 56.1 Å². The smallest absolute Gasteiger partial charge is 0.351 e. The summed E-state index contributed by atoms with van der Waals surface area (Å²) in [5.41, 5.74) is 1.53. The zero-order valence-corrected chi connectivity index (χ0v) is 49.6. The second kappa shape index (κ2) is 25.0. The molecule has 3 aliphatic rings. The lowest BCUT2D eigenvalue weighted by Gasteiger charge is -2.42. The average Bonchev–Trinajstić information content (AvgIpc) is 4.32. The summed E-state index contributed by atoms with van der Waals surface area (Å²) < 4.78 is 59.2. The van der Waals surface area contributed by atoms with E-state index in [9.17, 15) is 9.59 Å². The summed E-state index contributed by atoms with van der Waals surface area (Å²) in [6.45, 7) is 18.0. The van der Waals surface area contributed by atoms with Crippen LogP contribution in [-0.2, 0) is 38.1 Å². The molecule has 1 amide bonds. The first-order valence-corrected chi connectivity index (χ1v) is 33.4. The molecular weight excluding hydrogens is 1040 g/mol. The van der Waals surface area contributed by atoms with Crippen LogP contribution in [0.2, 0.25) is 29.2 Å².